The molecule has 17 nitrogen and oxygen atoms in total. The Morgan fingerprint density at radius 3 is 2.33 bits per heavy atom. The number of rotatable bonds is 14. The van der Waals surface area contributed by atoms with Gasteiger partial charge in [-0.05, 0) is 104 Å². The first-order chi connectivity index (χ1) is 34.8. The number of carbonyl (C=O) groups is 3. The molecule has 0 radical (unpaired) electrons. The van der Waals surface area contributed by atoms with E-state index in [1.54, 1.807) is 23.5 Å². The van der Waals surface area contributed by atoms with Crippen molar-refractivity contribution in [3.8, 4) is 5.69 Å². The molecule has 9 heterocycles. The van der Waals surface area contributed by atoms with Crippen molar-refractivity contribution in [3.05, 3.63) is 111 Å². The molecule has 0 aliphatic carbocycles. The number of pyridine rings is 1. The smallest absolute Gasteiger partial charge is 0.379 e. The Bertz CT molecular complexity index is 2890. The molecular weight excluding hydrogens is 932 g/mol. The fourth-order valence-electron chi connectivity index (χ4n) is 11.8. The highest BCUT2D eigenvalue weighted by Crippen LogP contribution is 2.38. The van der Waals surface area contributed by atoms with Crippen LogP contribution in [0.5, 0.6) is 0 Å². The van der Waals surface area contributed by atoms with E-state index >= 15 is 0 Å². The maximum atomic E-state index is 14.7. The van der Waals surface area contributed by atoms with Gasteiger partial charge in [-0.1, -0.05) is 12.1 Å². The summed E-state index contributed by atoms with van der Waals surface area (Å²) in [5.74, 6) is 0.604. The molecule has 1 unspecified atom stereocenters. The van der Waals surface area contributed by atoms with E-state index < -0.39 is 34.8 Å². The van der Waals surface area contributed by atoms with Gasteiger partial charge in [0.15, 0.2) is 0 Å². The number of piperazine rings is 1. The molecule has 0 saturated carbocycles. The van der Waals surface area contributed by atoms with E-state index in [0.29, 0.717) is 81.6 Å². The van der Waals surface area contributed by atoms with Crippen molar-refractivity contribution >= 4 is 28.9 Å². The minimum Gasteiger partial charge on any atom is -0.379 e. The predicted octanol–water partition coefficient (Wildman–Crippen LogP) is 4.02. The molecule has 3 amide bonds. The van der Waals surface area contributed by atoms with Crippen LogP contribution in [-0.2, 0) is 57.2 Å². The van der Waals surface area contributed by atoms with Gasteiger partial charge in [-0.3, -0.25) is 38.5 Å². The number of aromatic nitrogens is 5. The summed E-state index contributed by atoms with van der Waals surface area (Å²) in [5.41, 5.74) is 2.50. The van der Waals surface area contributed by atoms with Crippen LogP contribution < -0.4 is 15.9 Å². The number of nitrogens with one attached hydrogen (secondary N) is 1. The third kappa shape index (κ3) is 9.82. The fraction of sp³-hybridized carbons (Fsp3) is 0.538. The highest BCUT2D eigenvalue weighted by Gasteiger charge is 2.43. The molecule has 3 aromatic heterocycles. The van der Waals surface area contributed by atoms with Crippen LogP contribution in [-0.4, -0.2) is 158 Å². The molecule has 5 aromatic rings. The van der Waals surface area contributed by atoms with Gasteiger partial charge in [0.25, 0.3) is 5.91 Å². The summed E-state index contributed by atoms with van der Waals surface area (Å²) >= 11 is 0. The number of fused-ring (bicyclic) bond motifs is 2. The predicted molar refractivity (Wildman–Crippen MR) is 260 cm³/mol. The summed E-state index contributed by atoms with van der Waals surface area (Å²) in [6.07, 6.45) is 4.95. The number of likely N-dealkylation sites (tertiary alicyclic amines) is 2. The molecule has 1 N–H and O–H groups in total. The van der Waals surface area contributed by atoms with Gasteiger partial charge in [-0.15, -0.1) is 10.2 Å². The van der Waals surface area contributed by atoms with E-state index in [2.05, 4.69) is 41.2 Å². The Kier molecular flexibility index (Phi) is 13.3. The molecule has 1 atom stereocenters. The second-order valence-corrected chi connectivity index (χ2v) is 20.8. The molecule has 0 spiro atoms. The molecule has 6 aliphatic heterocycles. The van der Waals surface area contributed by atoms with Crippen LogP contribution in [0.25, 0.3) is 11.2 Å². The minimum absolute atomic E-state index is 0.0935. The second-order valence-electron chi connectivity index (χ2n) is 20.8. The largest absolute Gasteiger partial charge is 0.418 e. The number of nitrogens with zero attached hydrogens (tertiary/aromatic N) is 10. The number of imide groups is 1. The van der Waals surface area contributed by atoms with Crippen molar-refractivity contribution in [3.63, 3.8) is 0 Å². The molecule has 72 heavy (non-hydrogen) atoms. The van der Waals surface area contributed by atoms with Crippen LogP contribution in [0.15, 0.2) is 72.0 Å². The third-order valence-electron chi connectivity index (χ3n) is 16.1. The summed E-state index contributed by atoms with van der Waals surface area (Å²) in [5, 5.41) is 10.6. The summed E-state index contributed by atoms with van der Waals surface area (Å²) in [7, 11) is 1.88. The summed E-state index contributed by atoms with van der Waals surface area (Å²) in [4.78, 5) is 62.4. The summed E-state index contributed by atoms with van der Waals surface area (Å²) < 4.78 is 60.3. The van der Waals surface area contributed by atoms with Crippen LogP contribution in [0, 0.1) is 5.92 Å². The first-order valence-electron chi connectivity index (χ1n) is 25.4. The Morgan fingerprint density at radius 1 is 0.847 bits per heavy atom. The SMILES string of the molecule is Cn1cnnc1CC1(c2cccc(-n3cc4c(C(F)(F)F)cc(CN5CCC(OCCN6CCC(CN7CCN(c8ccc9c(c8)CN(C8CCC(=O)NC8=O)C9=O)CC7)CC6)CC5)cn4c3=O)c2)COC1. The van der Waals surface area contributed by atoms with Crippen molar-refractivity contribution < 1.29 is 37.0 Å². The zero-order valence-electron chi connectivity index (χ0n) is 40.7. The quantitative estimate of drug-likeness (QED) is 0.160. The number of anilines is 1. The van der Waals surface area contributed by atoms with Crippen LogP contribution in [0.3, 0.4) is 0 Å². The Balaban J connectivity index is 0.619. The first kappa shape index (κ1) is 48.3. The van der Waals surface area contributed by atoms with Crippen molar-refractivity contribution in [2.24, 2.45) is 13.0 Å². The van der Waals surface area contributed by atoms with E-state index in [1.165, 1.54) is 16.8 Å². The lowest BCUT2D eigenvalue weighted by atomic mass is 9.75. The summed E-state index contributed by atoms with van der Waals surface area (Å²) in [6.45, 7) is 11.4. The zero-order chi connectivity index (χ0) is 49.7. The van der Waals surface area contributed by atoms with Crippen LogP contribution >= 0.6 is 0 Å². The number of alkyl halides is 3. The lowest BCUT2D eigenvalue weighted by molar-refractivity contribution is -0.137. The number of imidazole rings is 1. The average Bonchev–Trinajstić information content (AvgIpc) is 4.03. The Hall–Kier alpha value is -5.93. The van der Waals surface area contributed by atoms with Gasteiger partial charge in [0.2, 0.25) is 11.8 Å². The lowest BCUT2D eigenvalue weighted by Crippen LogP contribution is -2.52. The van der Waals surface area contributed by atoms with Crippen molar-refractivity contribution in [1.29, 1.82) is 0 Å². The number of halogens is 3. The van der Waals surface area contributed by atoms with Crippen molar-refractivity contribution in [2.45, 2.75) is 81.8 Å². The van der Waals surface area contributed by atoms with Crippen LogP contribution in [0.2, 0.25) is 0 Å². The maximum absolute atomic E-state index is 14.7. The van der Waals surface area contributed by atoms with E-state index in [1.807, 2.05) is 41.9 Å². The number of aryl methyl sites for hydroxylation is 1. The first-order valence-corrected chi connectivity index (χ1v) is 25.4. The van der Waals surface area contributed by atoms with Gasteiger partial charge >= 0.3 is 11.9 Å². The molecule has 6 aliphatic rings. The number of amides is 3. The van der Waals surface area contributed by atoms with E-state index in [4.69, 9.17) is 9.47 Å². The van der Waals surface area contributed by atoms with E-state index in [0.717, 1.165) is 105 Å². The average molecular weight is 994 g/mol. The second kappa shape index (κ2) is 19.8. The molecule has 0 bridgehead atoms. The van der Waals surface area contributed by atoms with Crippen molar-refractivity contribution in [2.75, 3.05) is 90.2 Å². The molecule has 2 aromatic carbocycles. The lowest BCUT2D eigenvalue weighted by Gasteiger charge is -2.41. The third-order valence-corrected chi connectivity index (χ3v) is 16.1. The molecule has 11 rings (SSSR count). The van der Waals surface area contributed by atoms with Crippen LogP contribution in [0.1, 0.15) is 77.0 Å². The van der Waals surface area contributed by atoms with Crippen molar-refractivity contribution in [1.82, 2.24) is 48.6 Å². The van der Waals surface area contributed by atoms with E-state index in [9.17, 15) is 32.3 Å². The van der Waals surface area contributed by atoms with Gasteiger partial charge in [-0.2, -0.15) is 13.2 Å². The van der Waals surface area contributed by atoms with Crippen LogP contribution in [0.4, 0.5) is 18.9 Å². The molecule has 20 heteroatoms. The Morgan fingerprint density at radius 2 is 1.62 bits per heavy atom. The number of piperidine rings is 3. The molecule has 5 fully saturated rings. The molecule has 382 valence electrons. The van der Waals surface area contributed by atoms with Gasteiger partial charge in [0, 0.05) is 114 Å². The summed E-state index contributed by atoms with van der Waals surface area (Å²) in [6, 6.07) is 13.9. The Labute approximate surface area is 415 Å². The molecule has 5 saturated heterocycles. The standard InChI is InChI=1S/C52H62F3N11O6/c1-59-34-56-58-46(59)26-51(32-71-33-51)38-3-2-4-40(25-38)64-31-45-43(52(53,54)55)23-36(29-66(45)50(64)70)28-61-15-11-41(12-16-61)72-22-21-60-13-9-35(10-14-60)27-62-17-19-63(20-18-62)39-5-6-42-37(24-39)30-65(49(42)69)44-7-8-47(67)57-48(44)68/h2-6,23-25,29,31,34-35,41,44H,7-22,26-28,30,32-33H2,1H3,(H,57,67,68). The number of hydrogen-bond acceptors (Lipinski definition) is 12. The van der Waals surface area contributed by atoms with Gasteiger partial charge in [-0.25, -0.2) is 4.79 Å². The minimum atomic E-state index is -4.66. The monoisotopic (exact) mass is 993 g/mol. The van der Waals surface area contributed by atoms with Gasteiger partial charge < -0.3 is 28.7 Å². The van der Waals surface area contributed by atoms with Gasteiger partial charge in [0.1, 0.15) is 18.2 Å². The zero-order valence-corrected chi connectivity index (χ0v) is 40.7. The number of benzene rings is 2. The van der Waals surface area contributed by atoms with E-state index in [-0.39, 0.29) is 29.9 Å². The topological polar surface area (TPSA) is 155 Å². The fourth-order valence-corrected chi connectivity index (χ4v) is 11.8. The highest BCUT2D eigenvalue weighted by molar-refractivity contribution is 6.05. The molecular formula is C52H62F3N11O6. The number of hydrogen-bond donors (Lipinski definition) is 1. The maximum Gasteiger partial charge on any atom is 0.418 e. The highest BCUT2D eigenvalue weighted by atomic mass is 19.4. The number of ether oxygens (including phenoxy) is 2. The normalized spacial score (nSPS) is 21.9. The number of carbonyl (C=O) groups excluding carboxylic acids is 3. The van der Waals surface area contributed by atoms with Gasteiger partial charge in [0.05, 0.1) is 42.7 Å².